The Kier molecular flexibility index (Phi) is 40.8. The maximum Gasteiger partial charge on any atom is 0.155 e. The van der Waals surface area contributed by atoms with Crippen molar-refractivity contribution in [1.82, 2.24) is 49.8 Å². The van der Waals surface area contributed by atoms with E-state index in [0.717, 1.165) is 111 Å². The number of aliphatic hydroxyl groups is 4. The van der Waals surface area contributed by atoms with Gasteiger partial charge in [-0.3, -0.25) is 44.1 Å². The Hall–Kier alpha value is -13.0. The molecule has 18 nitrogen and oxygen atoms in total. The number of fused-ring (bicyclic) bond motifs is 15. The molecule has 0 amide bonds. The summed E-state index contributed by atoms with van der Waals surface area (Å²) >= 11 is 0. The number of nitrogens with zero attached hydrogens (tertiary/aromatic N) is 10. The van der Waals surface area contributed by atoms with E-state index < -0.39 is 0 Å². The van der Waals surface area contributed by atoms with Crippen LogP contribution in [-0.2, 0) is 120 Å². The van der Waals surface area contributed by atoms with Crippen molar-refractivity contribution >= 4 is 132 Å². The van der Waals surface area contributed by atoms with Gasteiger partial charge in [0.2, 0.25) is 0 Å². The molecular formula is C108H93Ir5N10O8-5. The second-order valence-corrected chi connectivity index (χ2v) is 29.7. The van der Waals surface area contributed by atoms with Crippen LogP contribution in [0.3, 0.4) is 0 Å². The minimum atomic E-state index is -0.125. The van der Waals surface area contributed by atoms with Crippen LogP contribution in [0.5, 0.6) is 0 Å². The molecule has 10 aromatic carbocycles. The van der Waals surface area contributed by atoms with E-state index in [1.807, 2.05) is 152 Å². The van der Waals surface area contributed by atoms with Gasteiger partial charge in [0.05, 0.1) is 51.5 Å². The number of hydrogen-bond donors (Lipinski definition) is 4. The summed E-state index contributed by atoms with van der Waals surface area (Å²) in [7, 11) is 0. The van der Waals surface area contributed by atoms with E-state index in [2.05, 4.69) is 209 Å². The van der Waals surface area contributed by atoms with Crippen LogP contribution in [0.2, 0.25) is 0 Å². The number of aromatic nitrogens is 10. The maximum atomic E-state index is 10.0. The van der Waals surface area contributed by atoms with E-state index in [4.69, 9.17) is 45.3 Å². The third kappa shape index (κ3) is 27.6. The first-order chi connectivity index (χ1) is 60.9. The van der Waals surface area contributed by atoms with Gasteiger partial charge in [-0.2, -0.15) is 0 Å². The van der Waals surface area contributed by atoms with Crippen molar-refractivity contribution < 1.29 is 140 Å². The van der Waals surface area contributed by atoms with Crippen LogP contribution < -0.4 is 24.9 Å². The van der Waals surface area contributed by atoms with Gasteiger partial charge < -0.3 is 45.3 Å². The van der Waals surface area contributed by atoms with E-state index in [1.54, 1.807) is 0 Å². The molecule has 131 heavy (non-hydrogen) atoms. The van der Waals surface area contributed by atoms with Gasteiger partial charge in [0.1, 0.15) is 0 Å². The summed E-state index contributed by atoms with van der Waals surface area (Å²) in [6.45, 7) is 17.7. The molecule has 0 aliphatic carbocycles. The number of allylic oxidation sites excluding steroid dienone is 8. The molecule has 0 saturated carbocycles. The summed E-state index contributed by atoms with van der Waals surface area (Å²) in [6, 6.07) is 96.7. The van der Waals surface area contributed by atoms with Crippen LogP contribution >= 0.6 is 0 Å². The van der Waals surface area contributed by atoms with Gasteiger partial charge >= 0.3 is 0 Å². The van der Waals surface area contributed by atoms with Crippen molar-refractivity contribution in [2.24, 2.45) is 0 Å². The molecule has 10 aromatic heterocycles. The van der Waals surface area contributed by atoms with Gasteiger partial charge in [-0.1, -0.05) is 224 Å². The fourth-order valence-electron chi connectivity index (χ4n) is 14.6. The number of hydrogen-bond acceptors (Lipinski definition) is 13. The van der Waals surface area contributed by atoms with Gasteiger partial charge in [-0.15, -0.1) is 55.2 Å². The van der Waals surface area contributed by atoms with Crippen LogP contribution in [0.25, 0.3) is 165 Å². The average Bonchev–Trinajstić information content (AvgIpc) is 1.77. The number of pyridine rings is 5. The summed E-state index contributed by atoms with van der Waals surface area (Å²) < 4.78 is 0. The number of aliphatic hydroxyl groups excluding tert-OH is 4. The Morgan fingerprint density at radius 1 is 0.221 bits per heavy atom. The molecule has 20 aromatic rings. The van der Waals surface area contributed by atoms with E-state index in [-0.39, 0.29) is 147 Å². The predicted molar refractivity (Wildman–Crippen MR) is 513 cm³/mol. The van der Waals surface area contributed by atoms with Gasteiger partial charge in [0, 0.05) is 156 Å². The third-order valence-electron chi connectivity index (χ3n) is 19.7. The zero-order valence-electron chi connectivity index (χ0n) is 73.4. The van der Waals surface area contributed by atoms with Gasteiger partial charge in [0.15, 0.2) is 23.1 Å². The fraction of sp³-hybridized carbons (Fsp3) is 0.102. The minimum Gasteiger partial charge on any atom is -0.656 e. The second kappa shape index (κ2) is 50.9. The van der Waals surface area contributed by atoms with Crippen LogP contribution in [0.4, 0.5) is 0 Å². The van der Waals surface area contributed by atoms with Gasteiger partial charge in [0.25, 0.3) is 0 Å². The Morgan fingerprint density at radius 3 is 0.611 bits per heavy atom. The van der Waals surface area contributed by atoms with Crippen LogP contribution in [0, 0.1) is 20.8 Å². The summed E-state index contributed by atoms with van der Waals surface area (Å²) in [6.07, 6.45) is 13.8. The van der Waals surface area contributed by atoms with Crippen LogP contribution in [0.15, 0.2) is 363 Å². The first-order valence-corrected chi connectivity index (χ1v) is 40.7. The van der Waals surface area contributed by atoms with Gasteiger partial charge in [-0.25, -0.2) is 0 Å². The zero-order valence-corrected chi connectivity index (χ0v) is 85.4. The van der Waals surface area contributed by atoms with Crippen LogP contribution in [-0.4, -0.2) is 68.5 Å². The molecule has 0 spiro atoms. The molecule has 0 fully saturated rings. The first-order valence-electron chi connectivity index (χ1n) is 40.7. The van der Waals surface area contributed by atoms with Crippen molar-refractivity contribution in [2.45, 2.75) is 76.2 Å². The number of aryl methyl sites for hydroxylation is 3. The molecule has 0 saturated heterocycles. The van der Waals surface area contributed by atoms with E-state index in [1.165, 1.54) is 150 Å². The van der Waals surface area contributed by atoms with Crippen LogP contribution in [0.1, 0.15) is 72.1 Å². The van der Waals surface area contributed by atoms with Crippen molar-refractivity contribution in [2.75, 3.05) is 0 Å². The number of carbonyl (C=O) groups excluding carboxylic acids is 4. The number of benzene rings is 10. The summed E-state index contributed by atoms with van der Waals surface area (Å²) in [5, 5.41) is 45.5. The predicted octanol–water partition coefficient (Wildman–Crippen LogP) is 25.1. The Morgan fingerprint density at radius 2 is 0.412 bits per heavy atom. The molecule has 20 rings (SSSR count). The molecule has 0 aliphatic heterocycles. The molecule has 23 heteroatoms. The van der Waals surface area contributed by atoms with Gasteiger partial charge in [-0.05, 0) is 235 Å². The quantitative estimate of drug-likeness (QED) is 0.0771. The van der Waals surface area contributed by atoms with Crippen molar-refractivity contribution in [3.05, 3.63) is 380 Å². The van der Waals surface area contributed by atoms with Crippen molar-refractivity contribution in [3.63, 3.8) is 0 Å². The molecule has 0 aliphatic rings. The molecule has 0 atom stereocenters. The topological polar surface area (TPSA) is 284 Å². The van der Waals surface area contributed by atoms with E-state index in [9.17, 15) is 19.2 Å². The second-order valence-electron chi connectivity index (χ2n) is 29.7. The molecule has 10 heterocycles. The zero-order chi connectivity index (χ0) is 89.3. The number of carbonyl (C=O) groups is 4. The summed E-state index contributed by atoms with van der Waals surface area (Å²) in [5.74, 6) is -0.250. The molecule has 673 valence electrons. The summed E-state index contributed by atoms with van der Waals surface area (Å²) in [4.78, 5) is 86.3. The summed E-state index contributed by atoms with van der Waals surface area (Å²) in [5.41, 5.74) is 24.5. The monoisotopic (exact) mass is 2620 g/mol. The Labute approximate surface area is 827 Å². The number of para-hydroxylation sites is 7. The number of ketones is 4. The fourth-order valence-corrected chi connectivity index (χ4v) is 14.6. The molecule has 5 radical (unpaired) electrons. The molecule has 4 N–H and O–H groups in total. The standard InChI is InChI=1S/3C18H13N2.2C17H11N2.4C5H8O2.5Ir/c3*1-12-9-10-14-13-6-2-3-7-15(13)20-18(14)17(12)16-8-4-5-11-19-16;2*1-2-10-16-12(6-1)13-7-5-8-14(17(13)19-16)15-9-3-4-11-18-15;4*1-4(6)3-5(2)7;;;;;/h3*2-11H,1H3;2*1-11H;4*3,6H,1-2H3;;;;;/q5*-1;;;;;;;;;. The van der Waals surface area contributed by atoms with Crippen molar-refractivity contribution in [3.8, 4) is 56.3 Å². The SMILES string of the molecule is CC(=O)C=C(C)O.CC(=O)C=C(C)O.CC(=O)C=C(C)O.CC(=O)C=C(C)O.Cc1ccc2c([n-]c3ccccc32)c1-c1ccccn1.Cc1ccc2c([n-]c3ccccc32)c1-c1ccccn1.Cc1ccc2c([n-]c3ccccc32)c1-c1ccccn1.[Ir].[Ir].[Ir].[Ir].[Ir].c1ccc(-c2cccc3c2[n-]c2ccccc23)nc1.c1ccc(-c2cccc3c2[n-]c2ccccc23)nc1. The maximum absolute atomic E-state index is 10.0. The molecular weight excluding hydrogens is 2530 g/mol. The van der Waals surface area contributed by atoms with Crippen molar-refractivity contribution in [1.29, 1.82) is 0 Å². The third-order valence-corrected chi connectivity index (χ3v) is 19.7. The van der Waals surface area contributed by atoms with E-state index in [0.29, 0.717) is 0 Å². The minimum absolute atomic E-state index is 0. The smallest absolute Gasteiger partial charge is 0.155 e. The molecule has 0 bridgehead atoms. The number of rotatable bonds is 9. The first kappa shape index (κ1) is 105. The Balaban J connectivity index is 0.000000207. The molecule has 0 unspecified atom stereocenters. The average molecular weight is 2620 g/mol. The normalized spacial score (nSPS) is 10.8. The largest absolute Gasteiger partial charge is 0.656 e. The Bertz CT molecular complexity index is 6730. The van der Waals surface area contributed by atoms with E-state index >= 15 is 0 Å².